The molecule has 3 rings (SSSR count). The van der Waals surface area contributed by atoms with E-state index in [1.54, 1.807) is 13.1 Å². The lowest BCUT2D eigenvalue weighted by molar-refractivity contribution is 0.0361. The Morgan fingerprint density at radius 1 is 1.28 bits per heavy atom. The fourth-order valence-electron chi connectivity index (χ4n) is 3.32. The number of ether oxygens (including phenoxy) is 1. The van der Waals surface area contributed by atoms with Gasteiger partial charge in [0.15, 0.2) is 5.75 Å². The lowest BCUT2D eigenvalue weighted by Gasteiger charge is -2.26. The highest BCUT2D eigenvalue weighted by atomic mass is 32.2. The van der Waals surface area contributed by atoms with Gasteiger partial charge in [-0.05, 0) is 24.0 Å². The highest BCUT2D eigenvalue weighted by Crippen LogP contribution is 2.32. The molecule has 0 aliphatic carbocycles. The van der Waals surface area contributed by atoms with Gasteiger partial charge in [-0.2, -0.15) is 0 Å². The second-order valence-electron chi connectivity index (χ2n) is 6.98. The number of carbonyl (C=O) groups excluding carboxylic acids is 1. The molecule has 1 aliphatic rings. The Morgan fingerprint density at radius 3 is 2.69 bits per heavy atom. The molecule has 1 aromatic heterocycles. The molecule has 29 heavy (non-hydrogen) atoms. The third-order valence-electron chi connectivity index (χ3n) is 5.02. The van der Waals surface area contributed by atoms with Crippen LogP contribution >= 0.6 is 11.8 Å². The molecule has 1 saturated heterocycles. The molecule has 1 aliphatic heterocycles. The van der Waals surface area contributed by atoms with Gasteiger partial charge in [-0.1, -0.05) is 6.07 Å². The predicted octanol–water partition coefficient (Wildman–Crippen LogP) is 2.36. The number of carbonyl (C=O) groups is 1. The minimum absolute atomic E-state index is 0.0415. The summed E-state index contributed by atoms with van der Waals surface area (Å²) in [4.78, 5) is 17.2. The van der Waals surface area contributed by atoms with Crippen molar-refractivity contribution in [1.82, 2.24) is 14.4 Å². The second kappa shape index (κ2) is 9.51. The van der Waals surface area contributed by atoms with Crippen LogP contribution in [-0.4, -0.2) is 76.6 Å². The summed E-state index contributed by atoms with van der Waals surface area (Å²) in [6.07, 6.45) is 3.32. The van der Waals surface area contributed by atoms with Crippen molar-refractivity contribution in [3.63, 3.8) is 0 Å². The molecule has 2 N–H and O–H groups in total. The van der Waals surface area contributed by atoms with Crippen molar-refractivity contribution in [1.29, 1.82) is 0 Å². The van der Waals surface area contributed by atoms with Gasteiger partial charge in [0.1, 0.15) is 11.4 Å². The molecule has 158 valence electrons. The fourth-order valence-corrected chi connectivity index (χ4v) is 3.94. The maximum atomic E-state index is 13.4. The average Bonchev–Trinajstić information content (AvgIpc) is 3.02. The summed E-state index contributed by atoms with van der Waals surface area (Å²) in [6, 6.07) is 4.44. The number of morpholine rings is 1. The fraction of sp³-hybridized carbons (Fsp3) is 0.450. The Hall–Kier alpha value is -2.23. The zero-order valence-corrected chi connectivity index (χ0v) is 17.4. The van der Waals surface area contributed by atoms with Crippen molar-refractivity contribution in [3.05, 3.63) is 41.3 Å². The Bertz CT molecular complexity index is 868. The molecule has 0 atom stereocenters. The molecule has 0 spiro atoms. The number of nitrogens with zero attached hydrogens (tertiary/aromatic N) is 3. The number of aromatic nitrogens is 1. The molecule has 1 aromatic carbocycles. The van der Waals surface area contributed by atoms with Crippen LogP contribution in [0.25, 0.3) is 0 Å². The summed E-state index contributed by atoms with van der Waals surface area (Å²) < 4.78 is 20.2. The van der Waals surface area contributed by atoms with E-state index in [1.165, 1.54) is 39.6 Å². The first-order valence-electron chi connectivity index (χ1n) is 9.39. The van der Waals surface area contributed by atoms with Crippen LogP contribution in [0.4, 0.5) is 4.39 Å². The van der Waals surface area contributed by atoms with Gasteiger partial charge >= 0.3 is 0 Å². The number of benzene rings is 1. The van der Waals surface area contributed by atoms with Crippen LogP contribution in [0.3, 0.4) is 0 Å². The predicted molar refractivity (Wildman–Crippen MR) is 109 cm³/mol. The van der Waals surface area contributed by atoms with Crippen molar-refractivity contribution in [2.75, 3.05) is 46.2 Å². The number of rotatable bonds is 7. The van der Waals surface area contributed by atoms with Gasteiger partial charge in [-0.25, -0.2) is 4.39 Å². The lowest BCUT2D eigenvalue weighted by Crippen LogP contribution is -2.38. The molecule has 2 aromatic rings. The molecular formula is C20H26FN3O4S. The largest absolute Gasteiger partial charge is 0.503 e. The Kier molecular flexibility index (Phi) is 7.05. The van der Waals surface area contributed by atoms with Crippen LogP contribution in [0, 0.1) is 5.82 Å². The number of halogens is 1. The average molecular weight is 424 g/mol. The Balaban J connectivity index is 1.70. The van der Waals surface area contributed by atoms with Crippen molar-refractivity contribution in [3.8, 4) is 11.6 Å². The van der Waals surface area contributed by atoms with Gasteiger partial charge in [0, 0.05) is 50.9 Å². The van der Waals surface area contributed by atoms with Crippen LogP contribution in [0.5, 0.6) is 11.6 Å². The number of hydrogen-bond donors (Lipinski definition) is 2. The van der Waals surface area contributed by atoms with E-state index in [-0.39, 0.29) is 23.8 Å². The molecular weight excluding hydrogens is 397 g/mol. The van der Waals surface area contributed by atoms with E-state index in [1.807, 2.05) is 6.26 Å². The van der Waals surface area contributed by atoms with E-state index in [0.717, 1.165) is 23.5 Å². The number of thioether (sulfide) groups is 1. The number of hydrogen-bond acceptors (Lipinski definition) is 6. The topological polar surface area (TPSA) is 78.2 Å². The van der Waals surface area contributed by atoms with Crippen molar-refractivity contribution in [2.45, 2.75) is 18.0 Å². The van der Waals surface area contributed by atoms with E-state index in [9.17, 15) is 19.4 Å². The maximum absolute atomic E-state index is 13.4. The van der Waals surface area contributed by atoms with Crippen LogP contribution < -0.4 is 0 Å². The van der Waals surface area contributed by atoms with Gasteiger partial charge in [0.25, 0.3) is 5.91 Å². The van der Waals surface area contributed by atoms with E-state index in [4.69, 9.17) is 4.74 Å². The number of amides is 1. The van der Waals surface area contributed by atoms with Gasteiger partial charge in [-0.3, -0.25) is 9.69 Å². The molecule has 1 fully saturated rings. The highest BCUT2D eigenvalue weighted by Gasteiger charge is 2.24. The summed E-state index contributed by atoms with van der Waals surface area (Å²) in [5.41, 5.74) is 0.852. The van der Waals surface area contributed by atoms with Crippen molar-refractivity contribution >= 4 is 17.7 Å². The zero-order chi connectivity index (χ0) is 21.0. The van der Waals surface area contributed by atoms with Crippen molar-refractivity contribution < 1.29 is 24.1 Å². The SMILES string of the molecule is CSc1cc(F)ccc1CN(C)C(=O)c1cn(CCN2CCOCC2)c(O)c1O. The third kappa shape index (κ3) is 5.04. The molecule has 0 radical (unpaired) electrons. The minimum atomic E-state index is -0.423. The highest BCUT2D eigenvalue weighted by molar-refractivity contribution is 7.98. The van der Waals surface area contributed by atoms with Gasteiger partial charge in [0.05, 0.1) is 13.2 Å². The first-order valence-corrected chi connectivity index (χ1v) is 10.6. The summed E-state index contributed by atoms with van der Waals surface area (Å²) >= 11 is 1.40. The molecule has 0 bridgehead atoms. The smallest absolute Gasteiger partial charge is 0.259 e. The first kappa shape index (κ1) is 21.5. The van der Waals surface area contributed by atoms with Gasteiger partial charge in [0.2, 0.25) is 5.88 Å². The van der Waals surface area contributed by atoms with E-state index < -0.39 is 11.7 Å². The summed E-state index contributed by atoms with van der Waals surface area (Å²) in [7, 11) is 1.61. The first-order chi connectivity index (χ1) is 13.9. The summed E-state index contributed by atoms with van der Waals surface area (Å²) in [5, 5.41) is 20.5. The van der Waals surface area contributed by atoms with E-state index >= 15 is 0 Å². The minimum Gasteiger partial charge on any atom is -0.503 e. The van der Waals surface area contributed by atoms with Crippen LogP contribution in [0.1, 0.15) is 15.9 Å². The van der Waals surface area contributed by atoms with Crippen LogP contribution in [0.2, 0.25) is 0 Å². The molecule has 0 unspecified atom stereocenters. The standard InChI is InChI=1S/C20H26FN3O4S/c1-22(12-14-3-4-15(21)11-17(14)29-2)19(26)16-13-24(20(27)18(16)25)6-5-23-7-9-28-10-8-23/h3-4,11,13,25,27H,5-10,12H2,1-2H3. The van der Waals surface area contributed by atoms with E-state index in [0.29, 0.717) is 26.3 Å². The van der Waals surface area contributed by atoms with Gasteiger partial charge < -0.3 is 24.4 Å². The molecule has 2 heterocycles. The van der Waals surface area contributed by atoms with Crippen LogP contribution in [-0.2, 0) is 17.8 Å². The zero-order valence-electron chi connectivity index (χ0n) is 16.6. The molecule has 0 saturated carbocycles. The normalized spacial score (nSPS) is 14.9. The molecule has 1 amide bonds. The third-order valence-corrected chi connectivity index (χ3v) is 5.84. The summed E-state index contributed by atoms with van der Waals surface area (Å²) in [6.45, 7) is 4.38. The van der Waals surface area contributed by atoms with Crippen LogP contribution in [0.15, 0.2) is 29.3 Å². The lowest BCUT2D eigenvalue weighted by atomic mass is 10.2. The Morgan fingerprint density at radius 2 is 2.00 bits per heavy atom. The Labute approximate surface area is 173 Å². The molecule has 9 heteroatoms. The quantitative estimate of drug-likeness (QED) is 0.666. The maximum Gasteiger partial charge on any atom is 0.259 e. The molecule has 7 nitrogen and oxygen atoms in total. The van der Waals surface area contributed by atoms with E-state index in [2.05, 4.69) is 4.90 Å². The second-order valence-corrected chi connectivity index (χ2v) is 7.83. The van der Waals surface area contributed by atoms with Crippen molar-refractivity contribution in [2.24, 2.45) is 0 Å². The number of aromatic hydroxyl groups is 2. The monoisotopic (exact) mass is 423 g/mol. The summed E-state index contributed by atoms with van der Waals surface area (Å²) in [5.74, 6) is -1.49. The van der Waals surface area contributed by atoms with Gasteiger partial charge in [-0.15, -0.1) is 11.8 Å².